The predicted molar refractivity (Wildman–Crippen MR) is 103 cm³/mol. The molecule has 3 aliphatic rings. The highest BCUT2D eigenvalue weighted by Crippen LogP contribution is 2.43. The lowest BCUT2D eigenvalue weighted by molar-refractivity contribution is 0.0701. The Balaban J connectivity index is 1.27. The number of rotatable bonds is 3. The first-order chi connectivity index (χ1) is 13.2. The summed E-state index contributed by atoms with van der Waals surface area (Å²) in [5.41, 5.74) is 3.35. The number of carbonyl (C=O) groups is 1. The van der Waals surface area contributed by atoms with Crippen molar-refractivity contribution in [2.24, 2.45) is 11.8 Å². The van der Waals surface area contributed by atoms with E-state index in [4.69, 9.17) is 9.47 Å². The zero-order valence-electron chi connectivity index (χ0n) is 15.7. The van der Waals surface area contributed by atoms with Crippen molar-refractivity contribution in [1.82, 2.24) is 4.90 Å². The van der Waals surface area contributed by atoms with Gasteiger partial charge in [0.1, 0.15) is 0 Å². The number of carbonyl (C=O) groups excluding carboxylic acids is 1. The fourth-order valence-electron chi connectivity index (χ4n) is 4.97. The van der Waals surface area contributed by atoms with Crippen LogP contribution in [0.25, 0.3) is 0 Å². The fraction of sp³-hybridized carbons (Fsp3) is 0.435. The van der Waals surface area contributed by atoms with Crippen molar-refractivity contribution in [1.29, 1.82) is 0 Å². The van der Waals surface area contributed by atoms with Crippen LogP contribution in [0.5, 0.6) is 11.5 Å². The highest BCUT2D eigenvalue weighted by atomic mass is 16.7. The summed E-state index contributed by atoms with van der Waals surface area (Å²) in [6.45, 7) is 4.61. The van der Waals surface area contributed by atoms with Gasteiger partial charge in [0.25, 0.3) is 0 Å². The van der Waals surface area contributed by atoms with Crippen LogP contribution in [-0.2, 0) is 13.0 Å². The minimum Gasteiger partial charge on any atom is -0.454 e. The summed E-state index contributed by atoms with van der Waals surface area (Å²) in [5, 5.41) is 0. The van der Waals surface area contributed by atoms with E-state index < -0.39 is 0 Å². The molecule has 2 aliphatic heterocycles. The van der Waals surface area contributed by atoms with Crippen LogP contribution in [0.15, 0.2) is 42.5 Å². The third kappa shape index (κ3) is 3.02. The van der Waals surface area contributed by atoms with Gasteiger partial charge in [0.05, 0.1) is 0 Å². The number of fused-ring (bicyclic) bond motifs is 2. The zero-order chi connectivity index (χ0) is 18.4. The maximum absolute atomic E-state index is 13.1. The van der Waals surface area contributed by atoms with Gasteiger partial charge in [-0.3, -0.25) is 9.69 Å². The average Bonchev–Trinajstić information content (AvgIpc) is 3.27. The summed E-state index contributed by atoms with van der Waals surface area (Å²) < 4.78 is 10.9. The van der Waals surface area contributed by atoms with Gasteiger partial charge in [-0.05, 0) is 61.9 Å². The molecule has 0 radical (unpaired) electrons. The van der Waals surface area contributed by atoms with Gasteiger partial charge >= 0.3 is 0 Å². The first-order valence-corrected chi connectivity index (χ1v) is 9.94. The van der Waals surface area contributed by atoms with E-state index in [1.54, 1.807) is 0 Å². The third-order valence-corrected chi connectivity index (χ3v) is 6.49. The summed E-state index contributed by atoms with van der Waals surface area (Å²) in [7, 11) is 0. The second kappa shape index (κ2) is 6.68. The fourth-order valence-corrected chi connectivity index (χ4v) is 4.97. The van der Waals surface area contributed by atoms with Gasteiger partial charge in [0, 0.05) is 24.1 Å². The van der Waals surface area contributed by atoms with E-state index in [9.17, 15) is 4.79 Å². The maximum atomic E-state index is 13.1. The molecule has 4 heteroatoms. The quantitative estimate of drug-likeness (QED) is 0.824. The summed E-state index contributed by atoms with van der Waals surface area (Å²) in [6, 6.07) is 15.1. The molecule has 0 amide bonds. The van der Waals surface area contributed by atoms with Crippen LogP contribution in [0.4, 0.5) is 0 Å². The molecule has 27 heavy (non-hydrogen) atoms. The summed E-state index contributed by atoms with van der Waals surface area (Å²) >= 11 is 0. The maximum Gasteiger partial charge on any atom is 0.231 e. The zero-order valence-corrected chi connectivity index (χ0v) is 15.7. The molecule has 2 aromatic rings. The summed E-state index contributed by atoms with van der Waals surface area (Å²) in [4.78, 5) is 15.6. The Labute approximate surface area is 160 Å². The van der Waals surface area contributed by atoms with Crippen molar-refractivity contribution in [3.8, 4) is 11.5 Å². The lowest BCUT2D eigenvalue weighted by atomic mass is 9.79. The van der Waals surface area contributed by atoms with Crippen molar-refractivity contribution in [2.75, 3.05) is 13.3 Å². The number of hydrogen-bond donors (Lipinski definition) is 0. The molecule has 4 nitrogen and oxygen atoms in total. The molecule has 3 unspecified atom stereocenters. The molecular weight excluding hydrogens is 338 g/mol. The van der Waals surface area contributed by atoms with Gasteiger partial charge in [-0.15, -0.1) is 0 Å². The third-order valence-electron chi connectivity index (χ3n) is 6.49. The first-order valence-electron chi connectivity index (χ1n) is 9.94. The minimum atomic E-state index is 0.115. The van der Waals surface area contributed by atoms with E-state index >= 15 is 0 Å². The van der Waals surface area contributed by atoms with Crippen molar-refractivity contribution in [3.63, 3.8) is 0 Å². The molecule has 1 aliphatic carbocycles. The highest BCUT2D eigenvalue weighted by molar-refractivity contribution is 6.03. The molecule has 1 saturated heterocycles. The Hall–Kier alpha value is -2.33. The standard InChI is InChI=1S/C23H25NO3/c1-15-9-17(7-8-24(15)13-16-5-3-2-4-6-16)19-10-18-11-21-22(27-14-26-21)12-20(18)23(19)25/h2-6,11-12,15,17,19H,7-10,13-14H2,1H3. The molecule has 0 bridgehead atoms. The number of nitrogens with zero attached hydrogens (tertiary/aromatic N) is 1. The Kier molecular flexibility index (Phi) is 4.16. The van der Waals surface area contributed by atoms with Crippen LogP contribution in [0, 0.1) is 11.8 Å². The largest absolute Gasteiger partial charge is 0.454 e. The monoisotopic (exact) mass is 363 g/mol. The predicted octanol–water partition coefficient (Wildman–Crippen LogP) is 4.07. The SMILES string of the molecule is CC1CC(C2Cc3cc4c(cc3C2=O)OCO4)CCN1Cc1ccccc1. The lowest BCUT2D eigenvalue weighted by Crippen LogP contribution is -2.42. The Morgan fingerprint density at radius 1 is 1.11 bits per heavy atom. The molecule has 5 rings (SSSR count). The number of benzene rings is 2. The number of piperidine rings is 1. The molecule has 0 aromatic heterocycles. The van der Waals surface area contributed by atoms with Gasteiger partial charge in [-0.1, -0.05) is 30.3 Å². The van der Waals surface area contributed by atoms with Crippen molar-refractivity contribution >= 4 is 5.78 Å². The van der Waals surface area contributed by atoms with Crippen molar-refractivity contribution in [2.45, 2.75) is 38.8 Å². The number of Topliss-reactive ketones (excluding diaryl/α,β-unsaturated/α-hetero) is 1. The molecule has 1 fully saturated rings. The van der Waals surface area contributed by atoms with Crippen molar-refractivity contribution in [3.05, 3.63) is 59.2 Å². The first kappa shape index (κ1) is 16.8. The van der Waals surface area contributed by atoms with E-state index in [-0.39, 0.29) is 12.7 Å². The lowest BCUT2D eigenvalue weighted by Gasteiger charge is -2.39. The van der Waals surface area contributed by atoms with E-state index in [0.29, 0.717) is 23.5 Å². The van der Waals surface area contributed by atoms with E-state index in [2.05, 4.69) is 42.2 Å². The Bertz CT molecular complexity index is 863. The molecule has 0 spiro atoms. The highest BCUT2D eigenvalue weighted by Gasteiger charge is 2.40. The molecule has 140 valence electrons. The second-order valence-electron chi connectivity index (χ2n) is 8.13. The molecule has 0 N–H and O–H groups in total. The minimum absolute atomic E-state index is 0.115. The topological polar surface area (TPSA) is 38.8 Å². The number of likely N-dealkylation sites (tertiary alicyclic amines) is 1. The van der Waals surface area contributed by atoms with E-state index in [1.165, 1.54) is 5.56 Å². The van der Waals surface area contributed by atoms with Gasteiger partial charge in [-0.25, -0.2) is 0 Å². The molecular formula is C23H25NO3. The van der Waals surface area contributed by atoms with Crippen LogP contribution < -0.4 is 9.47 Å². The molecule has 2 aromatic carbocycles. The number of ether oxygens (including phenoxy) is 2. The van der Waals surface area contributed by atoms with E-state index in [0.717, 1.165) is 49.2 Å². The van der Waals surface area contributed by atoms with Gasteiger partial charge in [0.15, 0.2) is 17.3 Å². The van der Waals surface area contributed by atoms with Crippen LogP contribution in [0.1, 0.15) is 41.3 Å². The van der Waals surface area contributed by atoms with Crippen LogP contribution in [0.2, 0.25) is 0 Å². The average molecular weight is 363 g/mol. The Morgan fingerprint density at radius 3 is 2.67 bits per heavy atom. The number of hydrogen-bond acceptors (Lipinski definition) is 4. The summed E-state index contributed by atoms with van der Waals surface area (Å²) in [6.07, 6.45) is 3.03. The molecule has 2 heterocycles. The second-order valence-corrected chi connectivity index (χ2v) is 8.13. The van der Waals surface area contributed by atoms with Crippen LogP contribution >= 0.6 is 0 Å². The smallest absolute Gasteiger partial charge is 0.231 e. The van der Waals surface area contributed by atoms with Gasteiger partial charge in [-0.2, -0.15) is 0 Å². The van der Waals surface area contributed by atoms with Crippen LogP contribution in [0.3, 0.4) is 0 Å². The summed E-state index contributed by atoms with van der Waals surface area (Å²) in [5.74, 6) is 2.38. The van der Waals surface area contributed by atoms with Gasteiger partial charge in [0.2, 0.25) is 6.79 Å². The molecule has 0 saturated carbocycles. The van der Waals surface area contributed by atoms with E-state index in [1.807, 2.05) is 12.1 Å². The van der Waals surface area contributed by atoms with Crippen LogP contribution in [-0.4, -0.2) is 30.1 Å². The van der Waals surface area contributed by atoms with Crippen molar-refractivity contribution < 1.29 is 14.3 Å². The Morgan fingerprint density at radius 2 is 1.89 bits per heavy atom. The number of ketones is 1. The molecule has 3 atom stereocenters. The normalized spacial score (nSPS) is 27.0. The van der Waals surface area contributed by atoms with Gasteiger partial charge < -0.3 is 9.47 Å².